The Hall–Kier alpha value is -1.39. The third-order valence-electron chi connectivity index (χ3n) is 2.90. The van der Waals surface area contributed by atoms with E-state index in [-0.39, 0.29) is 24.7 Å². The Morgan fingerprint density at radius 2 is 2.12 bits per heavy atom. The number of hydrogen-bond acceptors (Lipinski definition) is 4. The summed E-state index contributed by atoms with van der Waals surface area (Å²) in [6.07, 6.45) is 0. The van der Waals surface area contributed by atoms with Gasteiger partial charge in [-0.2, -0.15) is 0 Å². The van der Waals surface area contributed by atoms with Crippen LogP contribution in [-0.2, 0) is 16.1 Å². The molecule has 0 amide bonds. The number of ether oxygens (including phenoxy) is 1. The first-order valence-corrected chi connectivity index (χ1v) is 5.26. The highest BCUT2D eigenvalue weighted by atomic mass is 16.5. The van der Waals surface area contributed by atoms with Crippen LogP contribution in [0, 0.1) is 0 Å². The number of nitrogens with zero attached hydrogens (tertiary/aromatic N) is 1. The Labute approximate surface area is 94.4 Å². The van der Waals surface area contributed by atoms with E-state index >= 15 is 0 Å². The number of hydrogen-bond donors (Lipinski definition) is 1. The molecule has 1 saturated heterocycles. The lowest BCUT2D eigenvalue weighted by Gasteiger charge is -2.03. The minimum Gasteiger partial charge on any atom is -0.468 e. The monoisotopic (exact) mass is 221 g/mol. The molecule has 4 nitrogen and oxygen atoms in total. The highest BCUT2D eigenvalue weighted by molar-refractivity contribution is 5.80. The third-order valence-corrected chi connectivity index (χ3v) is 2.90. The van der Waals surface area contributed by atoms with Crippen LogP contribution in [0.1, 0.15) is 5.56 Å². The summed E-state index contributed by atoms with van der Waals surface area (Å²) in [5, 5.41) is 9.12. The normalized spacial score (nSPS) is 27.5. The second-order valence-electron chi connectivity index (χ2n) is 3.88. The van der Waals surface area contributed by atoms with Crippen LogP contribution in [0.15, 0.2) is 30.3 Å². The summed E-state index contributed by atoms with van der Waals surface area (Å²) in [6.45, 7) is 0.665. The molecular weight excluding hydrogens is 206 g/mol. The van der Waals surface area contributed by atoms with Crippen molar-refractivity contribution in [3.05, 3.63) is 35.9 Å². The van der Waals surface area contributed by atoms with E-state index in [1.807, 2.05) is 35.2 Å². The molecule has 0 radical (unpaired) electrons. The number of carbonyl (C=O) groups is 1. The minimum atomic E-state index is -0.282. The molecule has 4 heteroatoms. The molecule has 1 fully saturated rings. The van der Waals surface area contributed by atoms with Gasteiger partial charge in [0.2, 0.25) is 0 Å². The molecule has 0 aliphatic carbocycles. The molecule has 16 heavy (non-hydrogen) atoms. The van der Waals surface area contributed by atoms with Crippen LogP contribution < -0.4 is 0 Å². The van der Waals surface area contributed by atoms with Crippen LogP contribution in [0.5, 0.6) is 0 Å². The van der Waals surface area contributed by atoms with Crippen molar-refractivity contribution < 1.29 is 14.6 Å². The van der Waals surface area contributed by atoms with Gasteiger partial charge in [0.1, 0.15) is 6.04 Å². The van der Waals surface area contributed by atoms with Crippen LogP contribution in [0.2, 0.25) is 0 Å². The number of benzene rings is 1. The Morgan fingerprint density at radius 3 is 2.69 bits per heavy atom. The predicted molar refractivity (Wildman–Crippen MR) is 58.7 cm³/mol. The van der Waals surface area contributed by atoms with Crippen molar-refractivity contribution in [1.82, 2.24) is 4.90 Å². The predicted octanol–water partition coefficient (Wildman–Crippen LogP) is 0.405. The quantitative estimate of drug-likeness (QED) is 0.591. The molecule has 1 unspecified atom stereocenters. The molecule has 86 valence electrons. The number of aliphatic hydroxyl groups excluding tert-OH is 1. The van der Waals surface area contributed by atoms with Gasteiger partial charge >= 0.3 is 5.97 Å². The summed E-state index contributed by atoms with van der Waals surface area (Å²) >= 11 is 0. The molecular formula is C12H15NO3. The van der Waals surface area contributed by atoms with E-state index < -0.39 is 0 Å². The molecule has 0 bridgehead atoms. The van der Waals surface area contributed by atoms with E-state index in [4.69, 9.17) is 5.11 Å². The molecule has 1 aliphatic heterocycles. The lowest BCUT2D eigenvalue weighted by molar-refractivity contribution is -0.141. The fourth-order valence-corrected chi connectivity index (χ4v) is 1.96. The maximum atomic E-state index is 11.4. The number of rotatable bonds is 4. The summed E-state index contributed by atoms with van der Waals surface area (Å²) < 4.78 is 4.68. The van der Waals surface area contributed by atoms with Crippen molar-refractivity contribution in [2.24, 2.45) is 0 Å². The zero-order chi connectivity index (χ0) is 11.5. The average Bonchev–Trinajstić information content (AvgIpc) is 3.02. The van der Waals surface area contributed by atoms with Crippen LogP contribution >= 0.6 is 0 Å². The summed E-state index contributed by atoms with van der Waals surface area (Å²) in [5.41, 5.74) is 1.13. The molecule has 3 atom stereocenters. The van der Waals surface area contributed by atoms with Crippen molar-refractivity contribution in [1.29, 1.82) is 0 Å². The molecule has 1 N–H and O–H groups in total. The Kier molecular flexibility index (Phi) is 3.22. The van der Waals surface area contributed by atoms with Gasteiger partial charge in [0.05, 0.1) is 19.8 Å². The lowest BCUT2D eigenvalue weighted by Crippen LogP contribution is -2.15. The van der Waals surface area contributed by atoms with Crippen LogP contribution in [-0.4, -0.2) is 41.8 Å². The summed E-state index contributed by atoms with van der Waals surface area (Å²) in [6, 6.07) is 9.50. The largest absolute Gasteiger partial charge is 0.468 e. The van der Waals surface area contributed by atoms with E-state index in [2.05, 4.69) is 4.74 Å². The molecule has 1 aliphatic rings. The van der Waals surface area contributed by atoms with Gasteiger partial charge in [-0.3, -0.25) is 9.69 Å². The van der Waals surface area contributed by atoms with E-state index in [0.717, 1.165) is 5.56 Å². The second-order valence-corrected chi connectivity index (χ2v) is 3.88. The number of methoxy groups -OCH3 is 1. The fourth-order valence-electron chi connectivity index (χ4n) is 1.96. The van der Waals surface area contributed by atoms with E-state index in [1.54, 1.807) is 0 Å². The van der Waals surface area contributed by atoms with Crippen LogP contribution in [0.3, 0.4) is 0 Å². The zero-order valence-electron chi connectivity index (χ0n) is 9.17. The van der Waals surface area contributed by atoms with Crippen molar-refractivity contribution in [3.63, 3.8) is 0 Å². The molecule has 0 saturated carbocycles. The SMILES string of the molecule is COC(=O)[C@H]1[C@H](CO)N1Cc1ccccc1. The van der Waals surface area contributed by atoms with Gasteiger partial charge in [0.15, 0.2) is 0 Å². The maximum absolute atomic E-state index is 11.4. The summed E-state index contributed by atoms with van der Waals surface area (Å²) in [5.74, 6) is -0.269. The van der Waals surface area contributed by atoms with Gasteiger partial charge in [-0.15, -0.1) is 0 Å². The number of aliphatic hydroxyl groups is 1. The van der Waals surface area contributed by atoms with Gasteiger partial charge in [-0.05, 0) is 5.56 Å². The summed E-state index contributed by atoms with van der Waals surface area (Å²) in [7, 11) is 1.37. The molecule has 1 aromatic carbocycles. The molecule has 1 aromatic rings. The number of carbonyl (C=O) groups excluding carboxylic acids is 1. The fraction of sp³-hybridized carbons (Fsp3) is 0.417. The van der Waals surface area contributed by atoms with Gasteiger partial charge in [-0.25, -0.2) is 0 Å². The molecule has 0 spiro atoms. The first kappa shape index (κ1) is 11.1. The van der Waals surface area contributed by atoms with E-state index in [9.17, 15) is 4.79 Å². The minimum absolute atomic E-state index is 0.00734. The Balaban J connectivity index is 1.99. The van der Waals surface area contributed by atoms with Gasteiger partial charge in [0, 0.05) is 6.54 Å². The van der Waals surface area contributed by atoms with Crippen LogP contribution in [0.4, 0.5) is 0 Å². The van der Waals surface area contributed by atoms with Crippen molar-refractivity contribution in [2.75, 3.05) is 13.7 Å². The maximum Gasteiger partial charge on any atom is 0.324 e. The van der Waals surface area contributed by atoms with E-state index in [1.165, 1.54) is 7.11 Å². The van der Waals surface area contributed by atoms with Gasteiger partial charge in [0.25, 0.3) is 0 Å². The number of esters is 1. The highest BCUT2D eigenvalue weighted by Crippen LogP contribution is 2.31. The summed E-state index contributed by atoms with van der Waals surface area (Å²) in [4.78, 5) is 13.3. The Bertz CT molecular complexity index is 366. The molecule has 1 heterocycles. The third kappa shape index (κ3) is 2.08. The zero-order valence-corrected chi connectivity index (χ0v) is 9.17. The second kappa shape index (κ2) is 4.63. The Morgan fingerprint density at radius 1 is 1.44 bits per heavy atom. The van der Waals surface area contributed by atoms with Crippen molar-refractivity contribution in [3.8, 4) is 0 Å². The van der Waals surface area contributed by atoms with Gasteiger partial charge < -0.3 is 9.84 Å². The first-order valence-electron chi connectivity index (χ1n) is 5.26. The van der Waals surface area contributed by atoms with Gasteiger partial charge in [-0.1, -0.05) is 30.3 Å². The first-order chi connectivity index (χ1) is 7.77. The van der Waals surface area contributed by atoms with Crippen LogP contribution in [0.25, 0.3) is 0 Å². The molecule has 2 rings (SSSR count). The smallest absolute Gasteiger partial charge is 0.324 e. The topological polar surface area (TPSA) is 49.5 Å². The highest BCUT2D eigenvalue weighted by Gasteiger charge is 2.52. The van der Waals surface area contributed by atoms with Crippen molar-refractivity contribution in [2.45, 2.75) is 18.6 Å². The molecule has 0 aromatic heterocycles. The standard InChI is InChI=1S/C12H15NO3/c1-16-12(15)11-10(8-14)13(11)7-9-5-3-2-4-6-9/h2-6,10-11,14H,7-8H2,1H3/t10-,11+,13?/m0/s1. The van der Waals surface area contributed by atoms with Crippen molar-refractivity contribution >= 4 is 5.97 Å². The average molecular weight is 221 g/mol. The lowest BCUT2D eigenvalue weighted by atomic mass is 10.2. The van der Waals surface area contributed by atoms with E-state index in [0.29, 0.717) is 6.54 Å².